The third-order valence-electron chi connectivity index (χ3n) is 5.37. The number of nitrogens with zero attached hydrogens (tertiary/aromatic N) is 2. The fourth-order valence-corrected chi connectivity index (χ4v) is 3.24. The molecule has 0 aromatic heterocycles. The molecule has 0 saturated heterocycles. The molecule has 1 aliphatic rings. The van der Waals surface area contributed by atoms with Crippen molar-refractivity contribution >= 4 is 36.6 Å². The van der Waals surface area contributed by atoms with Gasteiger partial charge >= 0.3 is 6.09 Å². The van der Waals surface area contributed by atoms with E-state index in [4.69, 9.17) is 9.47 Å². The van der Waals surface area contributed by atoms with E-state index in [1.54, 1.807) is 34.3 Å². The third-order valence-corrected chi connectivity index (χ3v) is 5.37. The lowest BCUT2D eigenvalue weighted by Crippen LogP contribution is -2.37. The molecule has 2 rings (SSSR count). The number of carbonyl (C=O) groups is 2. The first kappa shape index (κ1) is 27.6. The molecule has 10 nitrogen and oxygen atoms in total. The zero-order chi connectivity index (χ0) is 26.1. The van der Waals surface area contributed by atoms with E-state index < -0.39 is 23.0 Å². The van der Waals surface area contributed by atoms with Crippen molar-refractivity contribution < 1.29 is 24.0 Å². The lowest BCUT2D eigenvalue weighted by molar-refractivity contribution is -0.386. The minimum atomic E-state index is -0.948. The largest absolute Gasteiger partial charge is 0.503 e. The molecule has 2 N–H and O–H groups in total. The van der Waals surface area contributed by atoms with Gasteiger partial charge in [0, 0.05) is 12.3 Å². The molecule has 0 aliphatic carbocycles. The number of hydrogen-bond donors (Lipinski definition) is 2. The fraction of sp³-hybridized carbons (Fsp3) is 0.458. The normalized spacial score (nSPS) is 13.7. The van der Waals surface area contributed by atoms with Crippen LogP contribution in [0, 0.1) is 10.1 Å². The van der Waals surface area contributed by atoms with Gasteiger partial charge in [-0.1, -0.05) is 20.3 Å². The number of aliphatic imine (C=N–C) groups is 1. The highest BCUT2D eigenvalue weighted by Crippen LogP contribution is 2.31. The summed E-state index contributed by atoms with van der Waals surface area (Å²) >= 11 is 0. The fourth-order valence-electron chi connectivity index (χ4n) is 3.24. The molecule has 1 aliphatic heterocycles. The van der Waals surface area contributed by atoms with Crippen molar-refractivity contribution in [1.29, 1.82) is 0 Å². The number of nitrogens with one attached hydrogen (secondary N) is 2. The molecule has 0 fully saturated rings. The van der Waals surface area contributed by atoms with Crippen LogP contribution in [0.5, 0.6) is 5.75 Å². The second-order valence-corrected chi connectivity index (χ2v) is 8.31. The quantitative estimate of drug-likeness (QED) is 0.170. The molecule has 1 aromatic rings. The Balaban J connectivity index is 2.19. The minimum absolute atomic E-state index is 0.169. The molecule has 0 bridgehead atoms. The highest BCUT2D eigenvalue weighted by Gasteiger charge is 2.28. The molecule has 1 aromatic carbocycles. The van der Waals surface area contributed by atoms with Crippen LogP contribution in [0.2, 0.25) is 0 Å². The van der Waals surface area contributed by atoms with Crippen LogP contribution in [0.4, 0.5) is 10.5 Å². The number of fused-ring (bicyclic) bond motifs is 1. The van der Waals surface area contributed by atoms with E-state index in [-0.39, 0.29) is 22.8 Å². The van der Waals surface area contributed by atoms with Crippen molar-refractivity contribution in [2.24, 2.45) is 4.99 Å². The smallest absolute Gasteiger partial charge is 0.413 e. The number of alkyl carbamates (subject to hydrolysis) is 1. The standard InChI is InChI=1S/C24H32BN4O6/c1-7-9-10-26-21(14(3)4)23(30)27-22(15(5)8-2)28-24(31)35-16(6)17-11-20-18(25-13-34-20)12-19(17)29(32)33/h10-12,16H,7-9,13H2,1-6H3,(H,27,30)(H,28,31). The van der Waals surface area contributed by atoms with Gasteiger partial charge in [-0.05, 0) is 63.2 Å². The molecule has 1 heterocycles. The highest BCUT2D eigenvalue weighted by atomic mass is 16.6. The van der Waals surface area contributed by atoms with E-state index in [0.29, 0.717) is 29.7 Å². The molecule has 1 unspecified atom stereocenters. The molecule has 0 spiro atoms. The van der Waals surface area contributed by atoms with E-state index >= 15 is 0 Å². The number of nitro groups is 1. The van der Waals surface area contributed by atoms with Crippen LogP contribution in [0.1, 0.15) is 72.5 Å². The zero-order valence-corrected chi connectivity index (χ0v) is 21.1. The first-order valence-corrected chi connectivity index (χ1v) is 11.6. The summed E-state index contributed by atoms with van der Waals surface area (Å²) in [5, 5.41) is 16.9. The molecular weight excluding hydrogens is 451 g/mol. The van der Waals surface area contributed by atoms with Gasteiger partial charge < -0.3 is 14.8 Å². The van der Waals surface area contributed by atoms with Gasteiger partial charge in [-0.25, -0.2) is 4.79 Å². The van der Waals surface area contributed by atoms with Crippen LogP contribution in [0.25, 0.3) is 0 Å². The maximum absolute atomic E-state index is 12.9. The average molecular weight is 483 g/mol. The molecular formula is C24H32BN4O6. The predicted molar refractivity (Wildman–Crippen MR) is 135 cm³/mol. The molecule has 11 heteroatoms. The molecule has 187 valence electrons. The van der Waals surface area contributed by atoms with E-state index in [1.165, 1.54) is 19.1 Å². The summed E-state index contributed by atoms with van der Waals surface area (Å²) < 4.78 is 10.9. The molecule has 35 heavy (non-hydrogen) atoms. The highest BCUT2D eigenvalue weighted by molar-refractivity contribution is 6.56. The van der Waals surface area contributed by atoms with Crippen LogP contribution < -0.4 is 20.8 Å². The van der Waals surface area contributed by atoms with E-state index in [2.05, 4.69) is 15.6 Å². The first-order valence-electron chi connectivity index (χ1n) is 11.6. The number of rotatable bonds is 10. The third kappa shape index (κ3) is 7.43. The lowest BCUT2D eigenvalue weighted by Gasteiger charge is -2.18. The SMILES string of the molecule is CCCC=NC(C(=O)NC(NC(=O)OC(C)c1cc2c(cc1[N+](=O)[O-])[B]CO2)=C(C)CC)=C(C)C. The van der Waals surface area contributed by atoms with Crippen LogP contribution >= 0.6 is 0 Å². The Morgan fingerprint density at radius 2 is 2.00 bits per heavy atom. The van der Waals surface area contributed by atoms with Crippen LogP contribution in [-0.4, -0.2) is 36.9 Å². The van der Waals surface area contributed by atoms with E-state index in [9.17, 15) is 19.7 Å². The van der Waals surface area contributed by atoms with Crippen molar-refractivity contribution in [2.75, 3.05) is 6.51 Å². The first-order chi connectivity index (χ1) is 16.6. The van der Waals surface area contributed by atoms with Gasteiger partial charge in [-0.3, -0.25) is 25.2 Å². The van der Waals surface area contributed by atoms with Crippen molar-refractivity contribution in [3.8, 4) is 5.75 Å². The van der Waals surface area contributed by atoms with E-state index in [1.807, 2.05) is 13.8 Å². The molecule has 0 saturated carbocycles. The van der Waals surface area contributed by atoms with Crippen molar-refractivity contribution in [3.63, 3.8) is 0 Å². The second-order valence-electron chi connectivity index (χ2n) is 8.31. The zero-order valence-electron chi connectivity index (χ0n) is 21.1. The minimum Gasteiger partial charge on any atom is -0.503 e. The maximum atomic E-state index is 12.9. The predicted octanol–water partition coefficient (Wildman–Crippen LogP) is 3.98. The summed E-state index contributed by atoms with van der Waals surface area (Å²) in [6, 6.07) is 2.92. The second kappa shape index (κ2) is 12.7. The van der Waals surface area contributed by atoms with Crippen molar-refractivity contribution in [2.45, 2.75) is 66.9 Å². The van der Waals surface area contributed by atoms with Gasteiger partial charge in [-0.2, -0.15) is 0 Å². The van der Waals surface area contributed by atoms with Crippen LogP contribution in [-0.2, 0) is 9.53 Å². The Hall–Kier alpha value is -3.63. The number of nitro benzene ring substituents is 1. The van der Waals surface area contributed by atoms with Gasteiger partial charge in [0.15, 0.2) is 0 Å². The number of ether oxygens (including phenoxy) is 2. The number of hydrogen-bond acceptors (Lipinski definition) is 7. The summed E-state index contributed by atoms with van der Waals surface area (Å²) in [4.78, 5) is 40.9. The molecule has 1 atom stereocenters. The number of unbranched alkanes of at least 4 members (excludes halogenated alkanes) is 1. The Kier molecular flexibility index (Phi) is 10.0. The summed E-state index contributed by atoms with van der Waals surface area (Å²) in [5.41, 5.74) is 2.36. The van der Waals surface area contributed by atoms with Gasteiger partial charge in [0.25, 0.3) is 11.6 Å². The summed E-state index contributed by atoms with van der Waals surface area (Å²) in [5.74, 6) is 0.214. The average Bonchev–Trinajstić information content (AvgIpc) is 3.27. The Labute approximate surface area is 206 Å². The summed E-state index contributed by atoms with van der Waals surface area (Å²) in [6.07, 6.45) is 2.07. The molecule has 1 radical (unpaired) electrons. The summed E-state index contributed by atoms with van der Waals surface area (Å²) in [7, 11) is 1.74. The van der Waals surface area contributed by atoms with Crippen molar-refractivity contribution in [1.82, 2.24) is 10.6 Å². The van der Waals surface area contributed by atoms with Crippen LogP contribution in [0.15, 0.2) is 39.8 Å². The van der Waals surface area contributed by atoms with Gasteiger partial charge in [0.1, 0.15) is 23.4 Å². The number of amides is 2. The Morgan fingerprint density at radius 1 is 1.29 bits per heavy atom. The summed E-state index contributed by atoms with van der Waals surface area (Å²) in [6.45, 7) is 11.1. The van der Waals surface area contributed by atoms with Crippen LogP contribution in [0.3, 0.4) is 0 Å². The van der Waals surface area contributed by atoms with Gasteiger partial charge in [0.2, 0.25) is 7.28 Å². The lowest BCUT2D eigenvalue weighted by atomic mass is 9.72. The maximum Gasteiger partial charge on any atom is 0.413 e. The van der Waals surface area contributed by atoms with Gasteiger partial charge in [0.05, 0.1) is 17.0 Å². The van der Waals surface area contributed by atoms with E-state index in [0.717, 1.165) is 18.4 Å². The monoisotopic (exact) mass is 483 g/mol. The Bertz CT molecular complexity index is 1080. The number of carbonyl (C=O) groups excluding carboxylic acids is 2. The number of benzene rings is 1. The topological polar surface area (TPSA) is 132 Å². The van der Waals surface area contributed by atoms with Gasteiger partial charge in [-0.15, -0.1) is 0 Å². The Morgan fingerprint density at radius 3 is 2.60 bits per heavy atom. The molecule has 2 amide bonds. The number of allylic oxidation sites excluding steroid dienone is 2. The van der Waals surface area contributed by atoms with Crippen molar-refractivity contribution in [3.05, 3.63) is 50.5 Å².